The second kappa shape index (κ2) is 7.59. The largest absolute Gasteiger partial charge is 0.328 e. The van der Waals surface area contributed by atoms with E-state index >= 15 is 0 Å². The van der Waals surface area contributed by atoms with Crippen LogP contribution in [-0.4, -0.2) is 30.8 Å². The van der Waals surface area contributed by atoms with Crippen molar-refractivity contribution < 1.29 is 0 Å². The van der Waals surface area contributed by atoms with Gasteiger partial charge in [0.05, 0.1) is 29.5 Å². The number of nitrogens with two attached hydrogens (primary N) is 2. The zero-order chi connectivity index (χ0) is 20.6. The molecule has 5 rings (SSSR count). The van der Waals surface area contributed by atoms with Crippen molar-refractivity contribution in [1.29, 1.82) is 0 Å². The van der Waals surface area contributed by atoms with Crippen LogP contribution in [0.4, 0.5) is 0 Å². The van der Waals surface area contributed by atoms with Gasteiger partial charge in [0.15, 0.2) is 0 Å². The molecule has 3 aromatic heterocycles. The predicted molar refractivity (Wildman–Crippen MR) is 116 cm³/mol. The van der Waals surface area contributed by atoms with Crippen LogP contribution in [0.15, 0.2) is 61.4 Å². The van der Waals surface area contributed by atoms with E-state index in [1.165, 1.54) is 0 Å². The summed E-state index contributed by atoms with van der Waals surface area (Å²) in [5, 5.41) is 5.54. The molecule has 0 bridgehead atoms. The number of fused-ring (bicyclic) bond motifs is 1. The van der Waals surface area contributed by atoms with E-state index in [0.717, 1.165) is 59.0 Å². The lowest BCUT2D eigenvalue weighted by Gasteiger charge is -2.36. The van der Waals surface area contributed by atoms with Gasteiger partial charge in [0.1, 0.15) is 6.33 Å². The van der Waals surface area contributed by atoms with Crippen LogP contribution in [0.5, 0.6) is 0 Å². The van der Waals surface area contributed by atoms with E-state index in [2.05, 4.69) is 38.4 Å². The van der Waals surface area contributed by atoms with Crippen molar-refractivity contribution in [2.24, 2.45) is 11.5 Å². The lowest BCUT2D eigenvalue weighted by Crippen LogP contribution is -2.44. The molecule has 4 N–H and O–H groups in total. The first-order valence-electron chi connectivity index (χ1n) is 10.3. The first-order chi connectivity index (χ1) is 14.6. The Balaban J connectivity index is 1.49. The molecule has 0 unspecified atom stereocenters. The van der Waals surface area contributed by atoms with Gasteiger partial charge in [-0.2, -0.15) is 5.10 Å². The number of aromatic nitrogens is 5. The number of hydrogen-bond donors (Lipinski definition) is 2. The summed E-state index contributed by atoms with van der Waals surface area (Å²) in [5.41, 5.74) is 17.6. The summed E-state index contributed by atoms with van der Waals surface area (Å²) in [6, 6.07) is 10.5. The van der Waals surface area contributed by atoms with Gasteiger partial charge in [0.25, 0.3) is 0 Å². The quantitative estimate of drug-likeness (QED) is 0.546. The third kappa shape index (κ3) is 3.58. The average molecular weight is 400 g/mol. The van der Waals surface area contributed by atoms with E-state index in [1.807, 2.05) is 29.1 Å². The molecule has 1 aromatic carbocycles. The zero-order valence-electron chi connectivity index (χ0n) is 16.8. The van der Waals surface area contributed by atoms with Crippen LogP contribution in [0.3, 0.4) is 0 Å². The van der Waals surface area contributed by atoms with Crippen LogP contribution in [0.25, 0.3) is 22.0 Å². The van der Waals surface area contributed by atoms with Gasteiger partial charge in [-0.25, -0.2) is 9.97 Å². The maximum atomic E-state index is 6.82. The van der Waals surface area contributed by atoms with E-state index < -0.39 is 5.54 Å². The number of rotatable bonds is 4. The Morgan fingerprint density at radius 3 is 2.63 bits per heavy atom. The van der Waals surface area contributed by atoms with Gasteiger partial charge in [-0.3, -0.25) is 9.67 Å². The third-order valence-electron chi connectivity index (χ3n) is 6.09. The Kier molecular flexibility index (Phi) is 4.77. The molecule has 1 fully saturated rings. The van der Waals surface area contributed by atoms with Crippen molar-refractivity contribution in [1.82, 2.24) is 24.7 Å². The van der Waals surface area contributed by atoms with E-state index in [-0.39, 0.29) is 6.04 Å². The summed E-state index contributed by atoms with van der Waals surface area (Å²) < 4.78 is 1.93. The monoisotopic (exact) mass is 399 g/mol. The average Bonchev–Trinajstić information content (AvgIpc) is 3.24. The Morgan fingerprint density at radius 2 is 1.83 bits per heavy atom. The zero-order valence-corrected chi connectivity index (χ0v) is 16.8. The van der Waals surface area contributed by atoms with Gasteiger partial charge in [-0.15, -0.1) is 0 Å². The van der Waals surface area contributed by atoms with Crippen LogP contribution in [0, 0.1) is 0 Å². The van der Waals surface area contributed by atoms with Crippen molar-refractivity contribution in [3.05, 3.63) is 72.7 Å². The van der Waals surface area contributed by atoms with Gasteiger partial charge in [-0.05, 0) is 61.1 Å². The highest BCUT2D eigenvalue weighted by Gasteiger charge is 2.34. The summed E-state index contributed by atoms with van der Waals surface area (Å²) >= 11 is 0. The van der Waals surface area contributed by atoms with Crippen LogP contribution in [0.1, 0.15) is 36.9 Å². The molecule has 1 aliphatic carbocycles. The predicted octanol–water partition coefficient (Wildman–Crippen LogP) is 2.99. The maximum absolute atomic E-state index is 6.82. The summed E-state index contributed by atoms with van der Waals surface area (Å²) in [4.78, 5) is 13.1. The van der Waals surface area contributed by atoms with Gasteiger partial charge < -0.3 is 11.5 Å². The molecule has 152 valence electrons. The molecule has 0 aliphatic heterocycles. The number of hydrogen-bond acceptors (Lipinski definition) is 6. The Morgan fingerprint density at radius 1 is 1.03 bits per heavy atom. The SMILES string of the molecule is NC1CCC(N)(c2ncnc3ccc(-c4cnn(Cc5ccncc5)c4)cc23)CC1. The van der Waals surface area contributed by atoms with Gasteiger partial charge in [0.2, 0.25) is 0 Å². The number of pyridine rings is 1. The molecule has 0 atom stereocenters. The normalized spacial score (nSPS) is 21.7. The molecule has 7 nitrogen and oxygen atoms in total. The van der Waals surface area contributed by atoms with Crippen molar-refractivity contribution >= 4 is 10.9 Å². The second-order valence-electron chi connectivity index (χ2n) is 8.23. The standard InChI is InChI=1S/C23H25N7/c24-19-3-7-23(25,8-4-19)22-20-11-17(1-2-21(20)27-15-28-22)18-12-29-30(14-18)13-16-5-9-26-10-6-16/h1-2,5-6,9-12,14-15,19H,3-4,7-8,13,24-25H2. The molecule has 30 heavy (non-hydrogen) atoms. The van der Waals surface area contributed by atoms with Crippen LogP contribution < -0.4 is 11.5 Å². The maximum Gasteiger partial charge on any atom is 0.116 e. The molecule has 4 aromatic rings. The molecule has 0 spiro atoms. The van der Waals surface area contributed by atoms with Crippen molar-refractivity contribution in [2.75, 3.05) is 0 Å². The smallest absolute Gasteiger partial charge is 0.116 e. The van der Waals surface area contributed by atoms with E-state index in [0.29, 0.717) is 6.54 Å². The first-order valence-corrected chi connectivity index (χ1v) is 10.3. The van der Waals surface area contributed by atoms with Crippen LogP contribution in [-0.2, 0) is 12.1 Å². The highest BCUT2D eigenvalue weighted by Crippen LogP contribution is 2.37. The fourth-order valence-corrected chi connectivity index (χ4v) is 4.30. The van der Waals surface area contributed by atoms with Crippen molar-refractivity contribution in [3.63, 3.8) is 0 Å². The van der Waals surface area contributed by atoms with E-state index in [4.69, 9.17) is 11.5 Å². The van der Waals surface area contributed by atoms with E-state index in [9.17, 15) is 0 Å². The summed E-state index contributed by atoms with van der Waals surface area (Å²) in [5.74, 6) is 0. The highest BCUT2D eigenvalue weighted by molar-refractivity contribution is 5.86. The second-order valence-corrected chi connectivity index (χ2v) is 8.23. The van der Waals surface area contributed by atoms with Gasteiger partial charge in [0, 0.05) is 35.6 Å². The molecule has 7 heteroatoms. The lowest BCUT2D eigenvalue weighted by atomic mass is 9.77. The minimum atomic E-state index is -0.457. The van der Waals surface area contributed by atoms with Crippen LogP contribution >= 0.6 is 0 Å². The Labute approximate surface area is 175 Å². The number of nitrogens with zero attached hydrogens (tertiary/aromatic N) is 5. The summed E-state index contributed by atoms with van der Waals surface area (Å²) in [6.45, 7) is 0.705. The fraction of sp³-hybridized carbons (Fsp3) is 0.304. The minimum Gasteiger partial charge on any atom is -0.328 e. The molecular formula is C23H25N7. The molecule has 3 heterocycles. The number of benzene rings is 1. The fourth-order valence-electron chi connectivity index (χ4n) is 4.30. The molecule has 0 amide bonds. The van der Waals surface area contributed by atoms with Crippen LogP contribution in [0.2, 0.25) is 0 Å². The molecular weight excluding hydrogens is 374 g/mol. The highest BCUT2D eigenvalue weighted by atomic mass is 15.3. The Hall–Kier alpha value is -3.16. The molecule has 1 aliphatic rings. The van der Waals surface area contributed by atoms with Gasteiger partial charge >= 0.3 is 0 Å². The topological polar surface area (TPSA) is 109 Å². The molecule has 0 radical (unpaired) electrons. The van der Waals surface area contributed by atoms with Gasteiger partial charge in [-0.1, -0.05) is 6.07 Å². The van der Waals surface area contributed by atoms with Crippen molar-refractivity contribution in [2.45, 2.75) is 43.8 Å². The Bertz CT molecular complexity index is 1160. The minimum absolute atomic E-state index is 0.233. The lowest BCUT2D eigenvalue weighted by molar-refractivity contribution is 0.273. The summed E-state index contributed by atoms with van der Waals surface area (Å²) in [6.07, 6.45) is 12.7. The third-order valence-corrected chi connectivity index (χ3v) is 6.09. The molecule has 0 saturated heterocycles. The molecule has 1 saturated carbocycles. The summed E-state index contributed by atoms with van der Waals surface area (Å²) in [7, 11) is 0. The van der Waals surface area contributed by atoms with Crippen molar-refractivity contribution in [3.8, 4) is 11.1 Å². The van der Waals surface area contributed by atoms with E-state index in [1.54, 1.807) is 18.7 Å². The first kappa shape index (κ1) is 18.8.